The second kappa shape index (κ2) is 8.24. The minimum Gasteiger partial charge on any atom is -0.272 e. The van der Waals surface area contributed by atoms with E-state index in [1.54, 1.807) is 23.6 Å². The van der Waals surface area contributed by atoms with E-state index < -0.39 is 28.4 Å². The molecule has 2 amide bonds. The number of benzene rings is 1. The van der Waals surface area contributed by atoms with Crippen LogP contribution in [0.5, 0.6) is 0 Å². The molecule has 2 N–H and O–H groups in total. The van der Waals surface area contributed by atoms with Crippen molar-refractivity contribution < 1.29 is 18.0 Å². The number of carbonyl (C=O) groups excluding carboxylic acids is 2. The van der Waals surface area contributed by atoms with Gasteiger partial charge in [0.05, 0.1) is 12.2 Å². The highest BCUT2D eigenvalue weighted by Crippen LogP contribution is 2.19. The lowest BCUT2D eigenvalue weighted by Gasteiger charge is -2.16. The van der Waals surface area contributed by atoms with Crippen LogP contribution in [-0.2, 0) is 14.8 Å². The Morgan fingerprint density at radius 2 is 1.93 bits per heavy atom. The van der Waals surface area contributed by atoms with Crippen LogP contribution in [0.2, 0.25) is 0 Å². The zero-order valence-electron chi connectivity index (χ0n) is 14.5. The molecule has 3 rings (SSSR count). The Bertz CT molecular complexity index is 1050. The van der Waals surface area contributed by atoms with Gasteiger partial charge in [0.25, 0.3) is 21.8 Å². The Balaban J connectivity index is 1.53. The molecule has 0 bridgehead atoms. The summed E-state index contributed by atoms with van der Waals surface area (Å²) in [6, 6.07) is 9.40. The van der Waals surface area contributed by atoms with Gasteiger partial charge in [-0.3, -0.25) is 20.4 Å². The number of likely N-dealkylation sites (N-methyl/N-ethyl adjacent to an activating group) is 1. The third-order valence-electron chi connectivity index (χ3n) is 3.58. The second-order valence-electron chi connectivity index (χ2n) is 5.50. The standard InChI is InChI=1S/C15H15N7O4S2/c1-21(28(25,26)14-3-2-8-27-14)9-13(23)17-18-15(24)11-4-6-12(7-5-11)22-10-16-19-20-22/h2-8,10H,9H2,1H3,(H,17,23)(H,18,24). The first kappa shape index (κ1) is 19.6. The van der Waals surface area contributed by atoms with Crippen LogP contribution in [0.25, 0.3) is 5.69 Å². The number of hydrazine groups is 1. The molecule has 146 valence electrons. The van der Waals surface area contributed by atoms with Gasteiger partial charge in [-0.05, 0) is 46.1 Å². The summed E-state index contributed by atoms with van der Waals surface area (Å²) in [5.41, 5.74) is 5.38. The van der Waals surface area contributed by atoms with E-state index in [0.29, 0.717) is 5.69 Å². The average Bonchev–Trinajstić information content (AvgIpc) is 3.40. The molecule has 11 nitrogen and oxygen atoms in total. The predicted molar refractivity (Wildman–Crippen MR) is 98.9 cm³/mol. The van der Waals surface area contributed by atoms with Gasteiger partial charge in [0.15, 0.2) is 0 Å². The van der Waals surface area contributed by atoms with Crippen LogP contribution >= 0.6 is 11.3 Å². The Hall–Kier alpha value is -3.16. The maximum absolute atomic E-state index is 12.3. The van der Waals surface area contributed by atoms with Crippen molar-refractivity contribution in [1.29, 1.82) is 0 Å². The second-order valence-corrected chi connectivity index (χ2v) is 8.72. The van der Waals surface area contributed by atoms with Gasteiger partial charge >= 0.3 is 0 Å². The van der Waals surface area contributed by atoms with Crippen LogP contribution in [0.4, 0.5) is 0 Å². The fourth-order valence-corrected chi connectivity index (χ4v) is 4.46. The van der Waals surface area contributed by atoms with E-state index in [2.05, 4.69) is 26.4 Å². The lowest BCUT2D eigenvalue weighted by Crippen LogP contribution is -2.46. The van der Waals surface area contributed by atoms with Crippen molar-refractivity contribution in [2.45, 2.75) is 4.21 Å². The molecular formula is C15H15N7O4S2. The van der Waals surface area contributed by atoms with Crippen LogP contribution in [-0.4, -0.2) is 58.3 Å². The molecular weight excluding hydrogens is 406 g/mol. The summed E-state index contributed by atoms with van der Waals surface area (Å²) in [7, 11) is -2.46. The van der Waals surface area contributed by atoms with Crippen molar-refractivity contribution in [3.8, 4) is 5.69 Å². The molecule has 0 unspecified atom stereocenters. The first-order valence-corrected chi connectivity index (χ1v) is 10.1. The maximum Gasteiger partial charge on any atom is 0.269 e. The first-order chi connectivity index (χ1) is 13.4. The lowest BCUT2D eigenvalue weighted by molar-refractivity contribution is -0.121. The summed E-state index contributed by atoms with van der Waals surface area (Å²) in [6.45, 7) is -0.446. The molecule has 0 aliphatic carbocycles. The molecule has 0 spiro atoms. The van der Waals surface area contributed by atoms with E-state index >= 15 is 0 Å². The molecule has 0 fully saturated rings. The van der Waals surface area contributed by atoms with Crippen LogP contribution in [0.3, 0.4) is 0 Å². The highest BCUT2D eigenvalue weighted by molar-refractivity contribution is 7.91. The minimum atomic E-state index is -3.75. The number of hydrogen-bond donors (Lipinski definition) is 2. The summed E-state index contributed by atoms with van der Waals surface area (Å²) >= 11 is 1.06. The Labute approximate surface area is 164 Å². The van der Waals surface area contributed by atoms with Gasteiger partial charge < -0.3 is 0 Å². The Morgan fingerprint density at radius 3 is 2.54 bits per heavy atom. The monoisotopic (exact) mass is 421 g/mol. The van der Waals surface area contributed by atoms with Crippen molar-refractivity contribution in [3.05, 3.63) is 53.7 Å². The number of sulfonamides is 1. The topological polar surface area (TPSA) is 139 Å². The average molecular weight is 421 g/mol. The number of rotatable bonds is 6. The highest BCUT2D eigenvalue weighted by atomic mass is 32.2. The molecule has 0 atom stereocenters. The van der Waals surface area contributed by atoms with E-state index in [-0.39, 0.29) is 9.77 Å². The fraction of sp³-hybridized carbons (Fsp3) is 0.133. The van der Waals surface area contributed by atoms with Crippen molar-refractivity contribution >= 4 is 33.2 Å². The number of thiophene rings is 1. The number of amides is 2. The van der Waals surface area contributed by atoms with Crippen molar-refractivity contribution in [2.75, 3.05) is 13.6 Å². The van der Waals surface area contributed by atoms with Gasteiger partial charge in [-0.1, -0.05) is 6.07 Å². The van der Waals surface area contributed by atoms with Crippen molar-refractivity contribution in [3.63, 3.8) is 0 Å². The molecule has 0 aliphatic rings. The largest absolute Gasteiger partial charge is 0.272 e. The third kappa shape index (κ3) is 4.39. The predicted octanol–water partition coefficient (Wildman–Crippen LogP) is -0.194. The molecule has 0 saturated carbocycles. The summed E-state index contributed by atoms with van der Waals surface area (Å²) < 4.78 is 27.0. The molecule has 13 heteroatoms. The van der Waals surface area contributed by atoms with E-state index in [4.69, 9.17) is 0 Å². The maximum atomic E-state index is 12.3. The Kier molecular flexibility index (Phi) is 5.77. The normalized spacial score (nSPS) is 11.4. The Morgan fingerprint density at radius 1 is 1.18 bits per heavy atom. The van der Waals surface area contributed by atoms with Crippen molar-refractivity contribution in [1.82, 2.24) is 35.4 Å². The van der Waals surface area contributed by atoms with Gasteiger partial charge in [0.1, 0.15) is 10.5 Å². The quantitative estimate of drug-likeness (QED) is 0.526. The molecule has 3 aromatic rings. The van der Waals surface area contributed by atoms with E-state index in [1.165, 1.54) is 36.3 Å². The van der Waals surface area contributed by atoms with Gasteiger partial charge in [0.2, 0.25) is 0 Å². The number of tetrazole rings is 1. The van der Waals surface area contributed by atoms with Gasteiger partial charge in [0, 0.05) is 12.6 Å². The van der Waals surface area contributed by atoms with E-state index in [1.807, 2.05) is 0 Å². The molecule has 28 heavy (non-hydrogen) atoms. The number of hydrogen-bond acceptors (Lipinski definition) is 8. The van der Waals surface area contributed by atoms with E-state index in [9.17, 15) is 18.0 Å². The number of carbonyl (C=O) groups is 2. The molecule has 2 heterocycles. The first-order valence-electron chi connectivity index (χ1n) is 7.80. The van der Waals surface area contributed by atoms with E-state index in [0.717, 1.165) is 15.6 Å². The third-order valence-corrected chi connectivity index (χ3v) is 6.76. The van der Waals surface area contributed by atoms with Crippen LogP contribution < -0.4 is 10.9 Å². The smallest absolute Gasteiger partial charge is 0.269 e. The SMILES string of the molecule is CN(CC(=O)NNC(=O)c1ccc(-n2cnnn2)cc1)S(=O)(=O)c1cccs1. The van der Waals surface area contributed by atoms with Crippen molar-refractivity contribution in [2.24, 2.45) is 0 Å². The van der Waals surface area contributed by atoms with Gasteiger partial charge in [-0.25, -0.2) is 13.1 Å². The van der Waals surface area contributed by atoms with Crippen LogP contribution in [0.15, 0.2) is 52.3 Å². The summed E-state index contributed by atoms with van der Waals surface area (Å²) in [5.74, 6) is -1.23. The van der Waals surface area contributed by atoms with Crippen LogP contribution in [0, 0.1) is 0 Å². The number of nitrogens with one attached hydrogen (secondary N) is 2. The molecule has 0 aliphatic heterocycles. The minimum absolute atomic E-state index is 0.134. The molecule has 1 aromatic carbocycles. The number of nitrogens with zero attached hydrogens (tertiary/aromatic N) is 5. The molecule has 0 saturated heterocycles. The summed E-state index contributed by atoms with van der Waals surface area (Å²) in [4.78, 5) is 24.1. The zero-order valence-corrected chi connectivity index (χ0v) is 16.1. The zero-order chi connectivity index (χ0) is 20.1. The van der Waals surface area contributed by atoms with Crippen LogP contribution in [0.1, 0.15) is 10.4 Å². The molecule has 0 radical (unpaired) electrons. The van der Waals surface area contributed by atoms with Gasteiger partial charge in [-0.15, -0.1) is 16.4 Å². The highest BCUT2D eigenvalue weighted by Gasteiger charge is 2.24. The molecule has 2 aromatic heterocycles. The van der Waals surface area contributed by atoms with Gasteiger partial charge in [-0.2, -0.15) is 4.31 Å². The lowest BCUT2D eigenvalue weighted by atomic mass is 10.2. The number of aromatic nitrogens is 4. The summed E-state index contributed by atoms with van der Waals surface area (Å²) in [6.07, 6.45) is 1.41. The fourth-order valence-electron chi connectivity index (χ4n) is 2.13. The summed E-state index contributed by atoms with van der Waals surface area (Å²) in [5, 5.41) is 12.4.